The lowest BCUT2D eigenvalue weighted by Gasteiger charge is -2.12. The van der Waals surface area contributed by atoms with Crippen LogP contribution in [0, 0.1) is 0 Å². The Labute approximate surface area is 101 Å². The fourth-order valence-corrected chi connectivity index (χ4v) is 3.13. The van der Waals surface area contributed by atoms with Gasteiger partial charge in [-0.25, -0.2) is 4.98 Å². The minimum atomic E-state index is 0.196. The molecule has 0 radical (unpaired) electrons. The molecule has 0 aliphatic heterocycles. The summed E-state index contributed by atoms with van der Waals surface area (Å²) in [6, 6.07) is 2.11. The van der Waals surface area contributed by atoms with E-state index in [0.29, 0.717) is 6.54 Å². The van der Waals surface area contributed by atoms with Gasteiger partial charge in [0.25, 0.3) is 0 Å². The molecule has 2 aromatic heterocycles. The zero-order valence-corrected chi connectivity index (χ0v) is 10.8. The highest BCUT2D eigenvalue weighted by Gasteiger charge is 2.18. The number of aromatic nitrogens is 2. The predicted octanol–water partition coefficient (Wildman–Crippen LogP) is 2.33. The van der Waals surface area contributed by atoms with Crippen LogP contribution in [-0.4, -0.2) is 16.1 Å². The Bertz CT molecular complexity index is 449. The molecule has 2 aromatic rings. The average molecular weight is 286 g/mol. The molecule has 5 heteroatoms. The van der Waals surface area contributed by atoms with Gasteiger partial charge in [0, 0.05) is 40.7 Å². The minimum absolute atomic E-state index is 0.196. The van der Waals surface area contributed by atoms with Crippen LogP contribution in [0.4, 0.5) is 0 Å². The van der Waals surface area contributed by atoms with Gasteiger partial charge in [0.05, 0.1) is 5.92 Å². The van der Waals surface area contributed by atoms with Crippen LogP contribution in [0.1, 0.15) is 16.6 Å². The lowest BCUT2D eigenvalue weighted by molar-refractivity contribution is 0.707. The fourth-order valence-electron chi connectivity index (χ4n) is 1.57. The molecule has 0 saturated heterocycles. The molecule has 15 heavy (non-hydrogen) atoms. The zero-order valence-electron chi connectivity index (χ0n) is 8.35. The van der Waals surface area contributed by atoms with Crippen LogP contribution >= 0.6 is 27.3 Å². The molecular formula is C10H12BrN3S. The molecule has 0 saturated carbocycles. The van der Waals surface area contributed by atoms with Crippen molar-refractivity contribution in [3.8, 4) is 0 Å². The molecule has 0 amide bonds. The Balaban J connectivity index is 2.36. The smallest absolute Gasteiger partial charge is 0.118 e. The number of halogens is 1. The Hall–Kier alpha value is -0.650. The summed E-state index contributed by atoms with van der Waals surface area (Å²) < 4.78 is 3.13. The van der Waals surface area contributed by atoms with Crippen molar-refractivity contribution in [3.63, 3.8) is 0 Å². The van der Waals surface area contributed by atoms with Gasteiger partial charge in [-0.2, -0.15) is 0 Å². The number of thiophene rings is 1. The van der Waals surface area contributed by atoms with Crippen LogP contribution in [0.25, 0.3) is 0 Å². The molecule has 0 fully saturated rings. The second-order valence-electron chi connectivity index (χ2n) is 3.35. The van der Waals surface area contributed by atoms with Gasteiger partial charge in [-0.3, -0.25) is 0 Å². The Morgan fingerprint density at radius 2 is 2.47 bits per heavy atom. The Morgan fingerprint density at radius 1 is 1.67 bits per heavy atom. The van der Waals surface area contributed by atoms with Gasteiger partial charge in [0.2, 0.25) is 0 Å². The maximum atomic E-state index is 5.81. The van der Waals surface area contributed by atoms with Crippen molar-refractivity contribution in [3.05, 3.63) is 39.0 Å². The van der Waals surface area contributed by atoms with Crippen molar-refractivity contribution in [1.82, 2.24) is 9.55 Å². The van der Waals surface area contributed by atoms with Crippen molar-refractivity contribution in [2.75, 3.05) is 6.54 Å². The van der Waals surface area contributed by atoms with Gasteiger partial charge in [0.15, 0.2) is 0 Å². The van der Waals surface area contributed by atoms with Crippen molar-refractivity contribution < 1.29 is 0 Å². The maximum Gasteiger partial charge on any atom is 0.118 e. The van der Waals surface area contributed by atoms with E-state index in [9.17, 15) is 0 Å². The Morgan fingerprint density at radius 3 is 2.93 bits per heavy atom. The van der Waals surface area contributed by atoms with E-state index in [1.165, 1.54) is 4.88 Å². The summed E-state index contributed by atoms with van der Waals surface area (Å²) in [6.07, 6.45) is 3.75. The molecule has 0 aliphatic carbocycles. The standard InChI is InChI=1S/C10H12BrN3S/c1-14-3-2-13-10(14)8(5-12)9-4-7(11)6-15-9/h2-4,6,8H,5,12H2,1H3. The normalized spacial score (nSPS) is 13.0. The highest BCUT2D eigenvalue weighted by atomic mass is 79.9. The van der Waals surface area contributed by atoms with Crippen molar-refractivity contribution in [2.24, 2.45) is 12.8 Å². The van der Waals surface area contributed by atoms with E-state index in [0.717, 1.165) is 10.3 Å². The monoisotopic (exact) mass is 285 g/mol. The second kappa shape index (κ2) is 4.47. The number of imidazole rings is 1. The first-order valence-corrected chi connectivity index (χ1v) is 6.31. The third-order valence-electron chi connectivity index (χ3n) is 2.34. The minimum Gasteiger partial charge on any atom is -0.337 e. The zero-order chi connectivity index (χ0) is 10.8. The van der Waals surface area contributed by atoms with E-state index >= 15 is 0 Å². The third kappa shape index (κ3) is 2.14. The second-order valence-corrected chi connectivity index (χ2v) is 5.21. The third-order valence-corrected chi connectivity index (χ3v) is 4.14. The summed E-state index contributed by atoms with van der Waals surface area (Å²) in [7, 11) is 1.99. The fraction of sp³-hybridized carbons (Fsp3) is 0.300. The first-order valence-electron chi connectivity index (χ1n) is 4.63. The number of hydrogen-bond acceptors (Lipinski definition) is 3. The van der Waals surface area contributed by atoms with E-state index in [1.54, 1.807) is 17.5 Å². The highest BCUT2D eigenvalue weighted by Crippen LogP contribution is 2.30. The number of rotatable bonds is 3. The van der Waals surface area contributed by atoms with Crippen molar-refractivity contribution >= 4 is 27.3 Å². The average Bonchev–Trinajstić information content (AvgIpc) is 2.79. The molecule has 0 aromatic carbocycles. The van der Waals surface area contributed by atoms with E-state index in [4.69, 9.17) is 5.73 Å². The predicted molar refractivity (Wildman–Crippen MR) is 66.1 cm³/mol. The SMILES string of the molecule is Cn1ccnc1C(CN)c1cc(Br)cs1. The molecule has 2 heterocycles. The molecule has 80 valence electrons. The van der Waals surface area contributed by atoms with Gasteiger partial charge in [-0.1, -0.05) is 0 Å². The summed E-state index contributed by atoms with van der Waals surface area (Å²) in [4.78, 5) is 5.60. The number of nitrogens with zero attached hydrogens (tertiary/aromatic N) is 2. The number of aryl methyl sites for hydroxylation is 1. The molecule has 1 unspecified atom stereocenters. The first-order chi connectivity index (χ1) is 7.22. The molecule has 2 N–H and O–H groups in total. The summed E-state index contributed by atoms with van der Waals surface area (Å²) in [6.45, 7) is 0.581. The molecule has 2 rings (SSSR count). The Kier molecular flexibility index (Phi) is 3.23. The van der Waals surface area contributed by atoms with Crippen LogP contribution in [0.3, 0.4) is 0 Å². The lowest BCUT2D eigenvalue weighted by atomic mass is 10.1. The summed E-state index contributed by atoms with van der Waals surface area (Å²) >= 11 is 5.16. The number of hydrogen-bond donors (Lipinski definition) is 1. The van der Waals surface area contributed by atoms with Gasteiger partial charge in [0.1, 0.15) is 5.82 Å². The molecule has 0 spiro atoms. The largest absolute Gasteiger partial charge is 0.337 e. The summed E-state index contributed by atoms with van der Waals surface area (Å²) in [5, 5.41) is 2.07. The molecule has 1 atom stereocenters. The van der Waals surface area contributed by atoms with E-state index in [1.807, 2.05) is 17.8 Å². The van der Waals surface area contributed by atoms with Gasteiger partial charge < -0.3 is 10.3 Å². The molecule has 0 aliphatic rings. The van der Waals surface area contributed by atoms with E-state index in [-0.39, 0.29) is 5.92 Å². The van der Waals surface area contributed by atoms with Crippen LogP contribution in [-0.2, 0) is 7.05 Å². The van der Waals surface area contributed by atoms with Crippen molar-refractivity contribution in [2.45, 2.75) is 5.92 Å². The molecule has 0 bridgehead atoms. The van der Waals surface area contributed by atoms with Gasteiger partial charge >= 0.3 is 0 Å². The van der Waals surface area contributed by atoms with E-state index in [2.05, 4.69) is 32.4 Å². The maximum absolute atomic E-state index is 5.81. The van der Waals surface area contributed by atoms with Crippen LogP contribution in [0.2, 0.25) is 0 Å². The van der Waals surface area contributed by atoms with Gasteiger partial charge in [-0.05, 0) is 22.0 Å². The lowest BCUT2D eigenvalue weighted by Crippen LogP contribution is -2.16. The highest BCUT2D eigenvalue weighted by molar-refractivity contribution is 9.10. The summed E-state index contributed by atoms with van der Waals surface area (Å²) in [5.41, 5.74) is 5.81. The van der Waals surface area contributed by atoms with Crippen LogP contribution in [0.15, 0.2) is 28.3 Å². The van der Waals surface area contributed by atoms with E-state index < -0.39 is 0 Å². The topological polar surface area (TPSA) is 43.8 Å². The molecular weight excluding hydrogens is 274 g/mol. The first kappa shape index (κ1) is 10.9. The van der Waals surface area contributed by atoms with Crippen LogP contribution < -0.4 is 5.73 Å². The van der Waals surface area contributed by atoms with Crippen LogP contribution in [0.5, 0.6) is 0 Å². The van der Waals surface area contributed by atoms with Crippen molar-refractivity contribution in [1.29, 1.82) is 0 Å². The number of nitrogens with two attached hydrogens (primary N) is 1. The molecule has 3 nitrogen and oxygen atoms in total. The quantitative estimate of drug-likeness (QED) is 0.941. The summed E-state index contributed by atoms with van der Waals surface area (Å²) in [5.74, 6) is 1.22. The van der Waals surface area contributed by atoms with Gasteiger partial charge in [-0.15, -0.1) is 11.3 Å².